The Morgan fingerprint density at radius 3 is 2.56 bits per heavy atom. The first-order valence-corrected chi connectivity index (χ1v) is 6.33. The van der Waals surface area contributed by atoms with E-state index in [1.807, 2.05) is 24.3 Å². The average Bonchev–Trinajstić information content (AvgIpc) is 2.38. The third-order valence-corrected chi connectivity index (χ3v) is 2.85. The van der Waals surface area contributed by atoms with Crippen LogP contribution in [0.3, 0.4) is 0 Å². The molecule has 0 saturated heterocycles. The molecule has 3 N–H and O–H groups in total. The highest BCUT2D eigenvalue weighted by molar-refractivity contribution is 5.66. The average molecular weight is 251 g/mol. The summed E-state index contributed by atoms with van der Waals surface area (Å²) in [5.74, 6) is -0.785. The van der Waals surface area contributed by atoms with Crippen molar-refractivity contribution in [2.24, 2.45) is 0 Å². The van der Waals surface area contributed by atoms with Gasteiger partial charge in [0.15, 0.2) is 0 Å². The number of benzene rings is 1. The molecule has 1 aromatic carbocycles. The molecule has 0 aliphatic carbocycles. The molecule has 0 aliphatic heterocycles. The van der Waals surface area contributed by atoms with E-state index in [0.29, 0.717) is 19.5 Å². The molecule has 0 amide bonds. The van der Waals surface area contributed by atoms with Gasteiger partial charge in [-0.25, -0.2) is 0 Å². The normalized spacial score (nSPS) is 12.3. The van der Waals surface area contributed by atoms with Gasteiger partial charge in [-0.2, -0.15) is 0 Å². The molecule has 0 saturated carbocycles. The summed E-state index contributed by atoms with van der Waals surface area (Å²) in [5, 5.41) is 21.4. The van der Waals surface area contributed by atoms with E-state index in [1.165, 1.54) is 5.56 Å². The van der Waals surface area contributed by atoms with Gasteiger partial charge < -0.3 is 15.5 Å². The molecule has 100 valence electrons. The smallest absolute Gasteiger partial charge is 0.303 e. The molecule has 1 unspecified atom stereocenters. The molecule has 0 aliphatic rings. The van der Waals surface area contributed by atoms with E-state index in [4.69, 9.17) is 5.11 Å². The van der Waals surface area contributed by atoms with Gasteiger partial charge in [0, 0.05) is 13.0 Å². The topological polar surface area (TPSA) is 69.6 Å². The van der Waals surface area contributed by atoms with Crippen molar-refractivity contribution in [1.29, 1.82) is 0 Å². The highest BCUT2D eigenvalue weighted by Crippen LogP contribution is 2.13. The molecule has 0 fully saturated rings. The molecule has 0 bridgehead atoms. The van der Waals surface area contributed by atoms with Crippen LogP contribution in [0.15, 0.2) is 24.3 Å². The van der Waals surface area contributed by atoms with Gasteiger partial charge in [-0.15, -0.1) is 0 Å². The Morgan fingerprint density at radius 1 is 1.33 bits per heavy atom. The first-order chi connectivity index (χ1) is 8.63. The van der Waals surface area contributed by atoms with E-state index in [-0.39, 0.29) is 6.42 Å². The van der Waals surface area contributed by atoms with Crippen molar-refractivity contribution >= 4 is 5.97 Å². The summed E-state index contributed by atoms with van der Waals surface area (Å²) in [4.78, 5) is 10.3. The first kappa shape index (κ1) is 14.7. The molecule has 0 aromatic heterocycles. The second-order valence-corrected chi connectivity index (χ2v) is 4.31. The molecular formula is C14H21NO3. The summed E-state index contributed by atoms with van der Waals surface area (Å²) in [6, 6.07) is 7.90. The van der Waals surface area contributed by atoms with Crippen molar-refractivity contribution in [2.45, 2.75) is 32.3 Å². The molecular weight excluding hydrogens is 230 g/mol. The number of nitrogens with one attached hydrogen (secondary N) is 1. The van der Waals surface area contributed by atoms with E-state index in [0.717, 1.165) is 12.0 Å². The van der Waals surface area contributed by atoms with Crippen molar-refractivity contribution < 1.29 is 15.0 Å². The minimum Gasteiger partial charge on any atom is -0.481 e. The molecule has 18 heavy (non-hydrogen) atoms. The zero-order chi connectivity index (χ0) is 13.4. The molecule has 0 radical (unpaired) electrons. The quantitative estimate of drug-likeness (QED) is 0.615. The van der Waals surface area contributed by atoms with Crippen molar-refractivity contribution in [3.8, 4) is 0 Å². The van der Waals surface area contributed by atoms with Crippen LogP contribution in [0.1, 0.15) is 37.0 Å². The van der Waals surface area contributed by atoms with Gasteiger partial charge in [-0.05, 0) is 30.5 Å². The Balaban J connectivity index is 2.27. The van der Waals surface area contributed by atoms with Crippen LogP contribution in [-0.4, -0.2) is 29.3 Å². The standard InChI is InChI=1S/C14H21NO3/c1-2-11-5-7-12(8-6-11)13(16)10-15-9-3-4-14(17)18/h5-8,13,15-16H,2-4,9-10H2,1H3,(H,17,18). The Bertz CT molecular complexity index is 362. The van der Waals surface area contributed by atoms with Crippen LogP contribution in [-0.2, 0) is 11.2 Å². The zero-order valence-electron chi connectivity index (χ0n) is 10.7. The molecule has 0 spiro atoms. The zero-order valence-corrected chi connectivity index (χ0v) is 10.7. The molecule has 4 heteroatoms. The predicted octanol–water partition coefficient (Wildman–Crippen LogP) is 1.74. The minimum absolute atomic E-state index is 0.161. The maximum Gasteiger partial charge on any atom is 0.303 e. The van der Waals surface area contributed by atoms with Gasteiger partial charge in [-0.1, -0.05) is 31.2 Å². The number of carbonyl (C=O) groups is 1. The summed E-state index contributed by atoms with van der Waals surface area (Å²) in [6.45, 7) is 3.15. The summed E-state index contributed by atoms with van der Waals surface area (Å²) >= 11 is 0. The van der Waals surface area contributed by atoms with Crippen molar-refractivity contribution in [3.63, 3.8) is 0 Å². The van der Waals surface area contributed by atoms with Gasteiger partial charge in [0.1, 0.15) is 0 Å². The Labute approximate surface area is 108 Å². The largest absolute Gasteiger partial charge is 0.481 e. The van der Waals surface area contributed by atoms with Gasteiger partial charge in [-0.3, -0.25) is 4.79 Å². The van der Waals surface area contributed by atoms with Crippen LogP contribution < -0.4 is 5.32 Å². The Morgan fingerprint density at radius 2 is 2.00 bits per heavy atom. The van der Waals surface area contributed by atoms with Crippen LogP contribution in [0.2, 0.25) is 0 Å². The van der Waals surface area contributed by atoms with Crippen molar-refractivity contribution in [2.75, 3.05) is 13.1 Å². The van der Waals surface area contributed by atoms with Crippen LogP contribution in [0.25, 0.3) is 0 Å². The van der Waals surface area contributed by atoms with Gasteiger partial charge in [0.25, 0.3) is 0 Å². The van der Waals surface area contributed by atoms with Crippen molar-refractivity contribution in [1.82, 2.24) is 5.32 Å². The number of aliphatic hydroxyl groups excluding tert-OH is 1. The maximum absolute atomic E-state index is 10.3. The number of carboxylic acids is 1. The van der Waals surface area contributed by atoms with Gasteiger partial charge in [0.2, 0.25) is 0 Å². The second-order valence-electron chi connectivity index (χ2n) is 4.31. The van der Waals surface area contributed by atoms with Crippen LogP contribution in [0.4, 0.5) is 0 Å². The lowest BCUT2D eigenvalue weighted by molar-refractivity contribution is -0.137. The lowest BCUT2D eigenvalue weighted by Gasteiger charge is -2.12. The van der Waals surface area contributed by atoms with E-state index in [2.05, 4.69) is 12.2 Å². The fourth-order valence-electron chi connectivity index (χ4n) is 1.70. The summed E-state index contributed by atoms with van der Waals surface area (Å²) < 4.78 is 0. The summed E-state index contributed by atoms with van der Waals surface area (Å²) in [6.07, 6.45) is 1.19. The Kier molecular flexibility index (Phi) is 6.39. The monoisotopic (exact) mass is 251 g/mol. The molecule has 0 heterocycles. The number of aryl methyl sites for hydroxylation is 1. The summed E-state index contributed by atoms with van der Waals surface area (Å²) in [5.41, 5.74) is 2.14. The lowest BCUT2D eigenvalue weighted by Crippen LogP contribution is -2.23. The van der Waals surface area contributed by atoms with E-state index < -0.39 is 12.1 Å². The number of aliphatic hydroxyl groups is 1. The molecule has 4 nitrogen and oxygen atoms in total. The number of aliphatic carboxylic acids is 1. The van der Waals surface area contributed by atoms with E-state index in [9.17, 15) is 9.90 Å². The van der Waals surface area contributed by atoms with Gasteiger partial charge in [0.05, 0.1) is 6.10 Å². The van der Waals surface area contributed by atoms with Gasteiger partial charge >= 0.3 is 5.97 Å². The summed E-state index contributed by atoms with van der Waals surface area (Å²) in [7, 11) is 0. The minimum atomic E-state index is -0.785. The van der Waals surface area contributed by atoms with E-state index >= 15 is 0 Å². The third kappa shape index (κ3) is 5.29. The second kappa shape index (κ2) is 7.84. The lowest BCUT2D eigenvalue weighted by atomic mass is 10.1. The third-order valence-electron chi connectivity index (χ3n) is 2.85. The van der Waals surface area contributed by atoms with E-state index in [1.54, 1.807) is 0 Å². The van der Waals surface area contributed by atoms with Crippen molar-refractivity contribution in [3.05, 3.63) is 35.4 Å². The Hall–Kier alpha value is -1.39. The maximum atomic E-state index is 10.3. The first-order valence-electron chi connectivity index (χ1n) is 6.33. The fraction of sp³-hybridized carbons (Fsp3) is 0.500. The molecule has 1 aromatic rings. The molecule has 1 rings (SSSR count). The highest BCUT2D eigenvalue weighted by atomic mass is 16.4. The number of hydrogen-bond donors (Lipinski definition) is 3. The van der Waals surface area contributed by atoms with Crippen LogP contribution in [0.5, 0.6) is 0 Å². The van der Waals surface area contributed by atoms with Crippen LogP contribution >= 0.6 is 0 Å². The highest BCUT2D eigenvalue weighted by Gasteiger charge is 2.06. The number of hydrogen-bond acceptors (Lipinski definition) is 3. The number of rotatable bonds is 8. The SMILES string of the molecule is CCc1ccc(C(O)CNCCCC(=O)O)cc1. The number of carboxylic acid groups (broad SMARTS) is 1. The molecule has 1 atom stereocenters. The predicted molar refractivity (Wildman–Crippen MR) is 70.5 cm³/mol. The fourth-order valence-corrected chi connectivity index (χ4v) is 1.70. The van der Waals surface area contributed by atoms with Crippen LogP contribution in [0, 0.1) is 0 Å².